The fourth-order valence-corrected chi connectivity index (χ4v) is 2.05. The summed E-state index contributed by atoms with van der Waals surface area (Å²) < 4.78 is 0. The fraction of sp³-hybridized carbons (Fsp3) is 0.533. The molecule has 1 rings (SSSR count). The van der Waals surface area contributed by atoms with Crippen molar-refractivity contribution in [3.63, 3.8) is 0 Å². The van der Waals surface area contributed by atoms with E-state index >= 15 is 0 Å². The molecule has 17 heavy (non-hydrogen) atoms. The van der Waals surface area contributed by atoms with E-state index in [2.05, 4.69) is 31.3 Å². The van der Waals surface area contributed by atoms with E-state index in [-0.39, 0.29) is 5.78 Å². The van der Waals surface area contributed by atoms with Crippen LogP contribution in [0.5, 0.6) is 0 Å². The Morgan fingerprint density at radius 1 is 1.24 bits per heavy atom. The maximum absolute atomic E-state index is 12.3. The standard InChI is InChI=1S/C15H23NO/c1-6-16-15(4,5)14(17)10-13-11(2)8-7-9-12(13)3/h7-9,16H,6,10H2,1-5H3. The Morgan fingerprint density at radius 2 is 1.76 bits per heavy atom. The molecular weight excluding hydrogens is 210 g/mol. The molecule has 0 aliphatic carbocycles. The first-order valence-corrected chi connectivity index (χ1v) is 6.22. The normalized spacial score (nSPS) is 11.6. The number of ketones is 1. The van der Waals surface area contributed by atoms with Crippen molar-refractivity contribution < 1.29 is 4.79 Å². The molecular formula is C15H23NO. The summed E-state index contributed by atoms with van der Waals surface area (Å²) in [7, 11) is 0. The summed E-state index contributed by atoms with van der Waals surface area (Å²) in [5, 5.41) is 3.23. The van der Waals surface area contributed by atoms with Gasteiger partial charge in [0.15, 0.2) is 5.78 Å². The summed E-state index contributed by atoms with van der Waals surface area (Å²) in [6, 6.07) is 6.17. The summed E-state index contributed by atoms with van der Waals surface area (Å²) in [6.07, 6.45) is 0.512. The highest BCUT2D eigenvalue weighted by Crippen LogP contribution is 2.17. The Labute approximate surface area is 104 Å². The van der Waals surface area contributed by atoms with Crippen LogP contribution in [0, 0.1) is 13.8 Å². The number of hydrogen-bond donors (Lipinski definition) is 1. The number of carbonyl (C=O) groups excluding carboxylic acids is 1. The topological polar surface area (TPSA) is 29.1 Å². The van der Waals surface area contributed by atoms with E-state index in [1.165, 1.54) is 16.7 Å². The van der Waals surface area contributed by atoms with E-state index in [1.807, 2.05) is 26.8 Å². The molecule has 0 aromatic heterocycles. The summed E-state index contributed by atoms with van der Waals surface area (Å²) in [5.41, 5.74) is 3.13. The third kappa shape index (κ3) is 3.40. The molecule has 0 saturated carbocycles. The second kappa shape index (κ2) is 5.46. The number of Topliss-reactive ketones (excluding diaryl/α,β-unsaturated/α-hetero) is 1. The van der Waals surface area contributed by atoms with Gasteiger partial charge in [-0.2, -0.15) is 0 Å². The van der Waals surface area contributed by atoms with Crippen LogP contribution in [0.3, 0.4) is 0 Å². The lowest BCUT2D eigenvalue weighted by atomic mass is 9.90. The van der Waals surface area contributed by atoms with Gasteiger partial charge in [-0.25, -0.2) is 0 Å². The fourth-order valence-electron chi connectivity index (χ4n) is 2.05. The number of nitrogens with one attached hydrogen (secondary N) is 1. The highest BCUT2D eigenvalue weighted by molar-refractivity contribution is 5.89. The molecule has 1 N–H and O–H groups in total. The van der Waals surface area contributed by atoms with Crippen molar-refractivity contribution in [2.45, 2.75) is 46.6 Å². The molecule has 0 aliphatic rings. The predicted molar refractivity (Wildman–Crippen MR) is 72.4 cm³/mol. The first kappa shape index (κ1) is 13.9. The first-order chi connectivity index (χ1) is 7.88. The summed E-state index contributed by atoms with van der Waals surface area (Å²) in [6.45, 7) is 10.9. The quantitative estimate of drug-likeness (QED) is 0.847. The SMILES string of the molecule is CCNC(C)(C)C(=O)Cc1c(C)cccc1C. The van der Waals surface area contributed by atoms with E-state index in [4.69, 9.17) is 0 Å². The third-order valence-electron chi connectivity index (χ3n) is 3.30. The van der Waals surface area contributed by atoms with Gasteiger partial charge in [0.2, 0.25) is 0 Å². The molecule has 0 saturated heterocycles. The number of likely N-dealkylation sites (N-methyl/N-ethyl adjacent to an activating group) is 1. The Bertz CT molecular complexity index is 387. The Balaban J connectivity index is 2.88. The van der Waals surface area contributed by atoms with E-state index in [0.717, 1.165) is 6.54 Å². The number of hydrogen-bond acceptors (Lipinski definition) is 2. The number of carbonyl (C=O) groups is 1. The predicted octanol–water partition coefficient (Wildman–Crippen LogP) is 2.80. The van der Waals surface area contributed by atoms with Crippen LogP contribution in [0.2, 0.25) is 0 Å². The second-order valence-electron chi connectivity index (χ2n) is 5.13. The summed E-state index contributed by atoms with van der Waals surface area (Å²) >= 11 is 0. The lowest BCUT2D eigenvalue weighted by molar-refractivity contribution is -0.123. The Kier molecular flexibility index (Phi) is 4.47. The first-order valence-electron chi connectivity index (χ1n) is 6.22. The zero-order valence-electron chi connectivity index (χ0n) is 11.6. The molecule has 0 spiro atoms. The average Bonchev–Trinajstić information content (AvgIpc) is 2.23. The maximum Gasteiger partial charge on any atom is 0.156 e. The van der Waals surface area contributed by atoms with Crippen LogP contribution >= 0.6 is 0 Å². The van der Waals surface area contributed by atoms with Crippen LogP contribution in [-0.2, 0) is 11.2 Å². The van der Waals surface area contributed by atoms with Gasteiger partial charge < -0.3 is 5.32 Å². The van der Waals surface area contributed by atoms with Gasteiger partial charge in [0.1, 0.15) is 0 Å². The lowest BCUT2D eigenvalue weighted by Gasteiger charge is -2.24. The van der Waals surface area contributed by atoms with Crippen molar-refractivity contribution in [1.82, 2.24) is 5.32 Å². The van der Waals surface area contributed by atoms with E-state index in [9.17, 15) is 4.79 Å². The molecule has 1 aromatic rings. The molecule has 0 unspecified atom stereocenters. The maximum atomic E-state index is 12.3. The van der Waals surface area contributed by atoms with E-state index < -0.39 is 5.54 Å². The molecule has 0 aliphatic heterocycles. The number of rotatable bonds is 5. The van der Waals surface area contributed by atoms with Crippen LogP contribution in [0.4, 0.5) is 0 Å². The van der Waals surface area contributed by atoms with E-state index in [0.29, 0.717) is 6.42 Å². The summed E-state index contributed by atoms with van der Waals surface area (Å²) in [4.78, 5) is 12.3. The minimum absolute atomic E-state index is 0.247. The molecule has 0 heterocycles. The molecule has 0 amide bonds. The zero-order valence-corrected chi connectivity index (χ0v) is 11.6. The van der Waals surface area contributed by atoms with Gasteiger partial charge in [-0.1, -0.05) is 25.1 Å². The minimum Gasteiger partial charge on any atom is -0.306 e. The number of aryl methyl sites for hydroxylation is 2. The van der Waals surface area contributed by atoms with Gasteiger partial charge in [-0.15, -0.1) is 0 Å². The van der Waals surface area contributed by atoms with Crippen molar-refractivity contribution in [3.8, 4) is 0 Å². The smallest absolute Gasteiger partial charge is 0.156 e. The van der Waals surface area contributed by atoms with Crippen LogP contribution < -0.4 is 5.32 Å². The van der Waals surface area contributed by atoms with Crippen LogP contribution in [0.15, 0.2) is 18.2 Å². The highest BCUT2D eigenvalue weighted by Gasteiger charge is 2.26. The van der Waals surface area contributed by atoms with Gasteiger partial charge >= 0.3 is 0 Å². The highest BCUT2D eigenvalue weighted by atomic mass is 16.1. The van der Waals surface area contributed by atoms with Gasteiger partial charge in [0.05, 0.1) is 5.54 Å². The summed E-state index contributed by atoms with van der Waals surface area (Å²) in [5.74, 6) is 0.247. The van der Waals surface area contributed by atoms with Crippen LogP contribution in [0.1, 0.15) is 37.5 Å². The lowest BCUT2D eigenvalue weighted by Crippen LogP contribution is -2.47. The average molecular weight is 233 g/mol. The third-order valence-corrected chi connectivity index (χ3v) is 3.30. The molecule has 0 atom stereocenters. The van der Waals surface area contributed by atoms with Gasteiger partial charge in [-0.3, -0.25) is 4.79 Å². The van der Waals surface area contributed by atoms with Gasteiger partial charge in [-0.05, 0) is 50.9 Å². The molecule has 2 heteroatoms. The van der Waals surface area contributed by atoms with Crippen molar-refractivity contribution in [1.29, 1.82) is 0 Å². The molecule has 94 valence electrons. The van der Waals surface area contributed by atoms with Gasteiger partial charge in [0, 0.05) is 6.42 Å². The second-order valence-corrected chi connectivity index (χ2v) is 5.13. The van der Waals surface area contributed by atoms with Crippen LogP contribution in [-0.4, -0.2) is 17.9 Å². The molecule has 1 aromatic carbocycles. The molecule has 0 fully saturated rings. The molecule has 2 nitrogen and oxygen atoms in total. The number of benzene rings is 1. The minimum atomic E-state index is -0.441. The van der Waals surface area contributed by atoms with Crippen molar-refractivity contribution in [3.05, 3.63) is 34.9 Å². The van der Waals surface area contributed by atoms with Crippen molar-refractivity contribution >= 4 is 5.78 Å². The Hall–Kier alpha value is -1.15. The zero-order chi connectivity index (χ0) is 13.1. The van der Waals surface area contributed by atoms with Crippen molar-refractivity contribution in [2.75, 3.05) is 6.54 Å². The largest absolute Gasteiger partial charge is 0.306 e. The van der Waals surface area contributed by atoms with Crippen molar-refractivity contribution in [2.24, 2.45) is 0 Å². The van der Waals surface area contributed by atoms with E-state index in [1.54, 1.807) is 0 Å². The molecule has 0 radical (unpaired) electrons. The monoisotopic (exact) mass is 233 g/mol. The Morgan fingerprint density at radius 3 is 2.24 bits per heavy atom. The molecule has 0 bridgehead atoms. The van der Waals surface area contributed by atoms with Gasteiger partial charge in [0.25, 0.3) is 0 Å². The van der Waals surface area contributed by atoms with Crippen LogP contribution in [0.25, 0.3) is 0 Å².